The van der Waals surface area contributed by atoms with Gasteiger partial charge in [-0.3, -0.25) is 4.79 Å². The van der Waals surface area contributed by atoms with Crippen LogP contribution in [-0.4, -0.2) is 30.9 Å². The number of hydrogen-bond donors (Lipinski definition) is 0. The first-order valence-corrected chi connectivity index (χ1v) is 8.75. The number of carbonyl (C=O) groups excluding carboxylic acids is 1. The third-order valence-electron chi connectivity index (χ3n) is 3.77. The Morgan fingerprint density at radius 2 is 1.85 bits per heavy atom. The monoisotopic (exact) mass is 333 g/mol. The predicted octanol–water partition coefficient (Wildman–Crippen LogP) is 2.66. The van der Waals surface area contributed by atoms with Crippen molar-refractivity contribution in [3.63, 3.8) is 0 Å². The number of nitrogens with zero attached hydrogens (tertiary/aromatic N) is 1. The van der Waals surface area contributed by atoms with Gasteiger partial charge in [0.25, 0.3) is 0 Å². The Bertz CT molecular complexity index is 654. The molecule has 1 saturated heterocycles. The van der Waals surface area contributed by atoms with Crippen LogP contribution in [0, 0.1) is 5.92 Å². The Kier molecular flexibility index (Phi) is 3.47. The molecule has 4 nitrogen and oxygen atoms in total. The van der Waals surface area contributed by atoms with Crippen LogP contribution < -0.4 is 0 Å². The predicted molar refractivity (Wildman–Crippen MR) is 77.4 cm³/mol. The lowest BCUT2D eigenvalue weighted by atomic mass is 10.1. The van der Waals surface area contributed by atoms with Crippen molar-refractivity contribution in [2.24, 2.45) is 5.92 Å². The molecule has 1 heterocycles. The van der Waals surface area contributed by atoms with Crippen LogP contribution in [0.3, 0.4) is 0 Å². The second-order valence-corrected chi connectivity index (χ2v) is 8.12. The number of halogens is 2. The van der Waals surface area contributed by atoms with Crippen molar-refractivity contribution >= 4 is 39.1 Å². The van der Waals surface area contributed by atoms with Gasteiger partial charge in [-0.05, 0) is 42.5 Å². The van der Waals surface area contributed by atoms with E-state index in [0.717, 1.165) is 9.87 Å². The number of benzene rings is 1. The Labute approximate surface area is 127 Å². The van der Waals surface area contributed by atoms with Gasteiger partial charge in [0, 0.05) is 22.5 Å². The first kappa shape index (κ1) is 14.2. The van der Waals surface area contributed by atoms with Crippen LogP contribution in [0.1, 0.15) is 24.3 Å². The van der Waals surface area contributed by atoms with Crippen LogP contribution in [0.2, 0.25) is 10.0 Å². The third-order valence-corrected chi connectivity index (χ3v) is 6.04. The molecule has 7 heteroatoms. The highest BCUT2D eigenvalue weighted by Crippen LogP contribution is 2.50. The summed E-state index contributed by atoms with van der Waals surface area (Å²) in [6.07, 6.45) is 1.18. The highest BCUT2D eigenvalue weighted by atomic mass is 35.5. The Hall–Kier alpha value is -0.780. The molecule has 1 saturated carbocycles. The van der Waals surface area contributed by atoms with Gasteiger partial charge in [0.1, 0.15) is 0 Å². The number of amides is 1. The average Bonchev–Trinajstić information content (AvgIpc) is 3.05. The number of sulfonamides is 1. The van der Waals surface area contributed by atoms with E-state index in [1.54, 1.807) is 18.2 Å². The van der Waals surface area contributed by atoms with E-state index in [4.69, 9.17) is 23.2 Å². The second kappa shape index (κ2) is 4.90. The number of carbonyl (C=O) groups is 1. The SMILES string of the molecule is O=C(C1CC1c1cc(Cl)cc(Cl)c1)N1CCCS1(=O)=O. The third kappa shape index (κ3) is 2.54. The molecule has 0 radical (unpaired) electrons. The molecular formula is C13H13Cl2NO3S. The van der Waals surface area contributed by atoms with Gasteiger partial charge in [-0.15, -0.1) is 0 Å². The molecule has 2 fully saturated rings. The van der Waals surface area contributed by atoms with Gasteiger partial charge in [0.2, 0.25) is 15.9 Å². The summed E-state index contributed by atoms with van der Waals surface area (Å²) in [7, 11) is -3.38. The topological polar surface area (TPSA) is 54.5 Å². The van der Waals surface area contributed by atoms with Gasteiger partial charge in [-0.2, -0.15) is 0 Å². The van der Waals surface area contributed by atoms with Gasteiger partial charge in [-0.1, -0.05) is 23.2 Å². The molecule has 20 heavy (non-hydrogen) atoms. The summed E-state index contributed by atoms with van der Waals surface area (Å²) in [4.78, 5) is 12.3. The van der Waals surface area contributed by atoms with Gasteiger partial charge in [0.15, 0.2) is 0 Å². The van der Waals surface area contributed by atoms with Crippen molar-refractivity contribution in [1.29, 1.82) is 0 Å². The van der Waals surface area contributed by atoms with E-state index in [1.165, 1.54) is 0 Å². The quantitative estimate of drug-likeness (QED) is 0.836. The summed E-state index contributed by atoms with van der Waals surface area (Å²) in [5.74, 6) is -0.463. The zero-order chi connectivity index (χ0) is 14.5. The van der Waals surface area contributed by atoms with Crippen molar-refractivity contribution in [2.45, 2.75) is 18.8 Å². The Morgan fingerprint density at radius 3 is 2.40 bits per heavy atom. The second-order valence-electron chi connectivity index (χ2n) is 5.23. The fourth-order valence-electron chi connectivity index (χ4n) is 2.70. The molecule has 0 spiro atoms. The molecule has 1 aliphatic heterocycles. The number of hydrogen-bond acceptors (Lipinski definition) is 3. The standard InChI is InChI=1S/C13H13Cl2NO3S/c14-9-4-8(5-10(15)6-9)11-7-12(11)13(17)16-2-1-3-20(16,18)19/h4-6,11-12H,1-3,7H2. The van der Waals surface area contributed by atoms with E-state index in [1.807, 2.05) is 0 Å². The largest absolute Gasteiger partial charge is 0.273 e. The summed E-state index contributed by atoms with van der Waals surface area (Å²) in [5, 5.41) is 1.05. The van der Waals surface area contributed by atoms with Gasteiger partial charge >= 0.3 is 0 Å². The molecule has 3 rings (SSSR count). The van der Waals surface area contributed by atoms with Crippen LogP contribution in [0.15, 0.2) is 18.2 Å². The maximum atomic E-state index is 12.3. The van der Waals surface area contributed by atoms with E-state index >= 15 is 0 Å². The van der Waals surface area contributed by atoms with Crippen molar-refractivity contribution in [3.05, 3.63) is 33.8 Å². The van der Waals surface area contributed by atoms with E-state index < -0.39 is 10.0 Å². The summed E-state index contributed by atoms with van der Waals surface area (Å²) in [5.41, 5.74) is 0.900. The average molecular weight is 334 g/mol. The summed E-state index contributed by atoms with van der Waals surface area (Å²) in [6, 6.07) is 5.20. The molecule has 2 atom stereocenters. The van der Waals surface area contributed by atoms with Crippen molar-refractivity contribution in [2.75, 3.05) is 12.3 Å². The first-order chi connectivity index (χ1) is 9.38. The number of rotatable bonds is 2. The fraction of sp³-hybridized carbons (Fsp3) is 0.462. The lowest BCUT2D eigenvalue weighted by molar-refractivity contribution is -0.127. The molecule has 2 unspecified atom stereocenters. The summed E-state index contributed by atoms with van der Waals surface area (Å²) >= 11 is 11.9. The van der Waals surface area contributed by atoms with Gasteiger partial charge < -0.3 is 0 Å². The molecule has 0 N–H and O–H groups in total. The van der Waals surface area contributed by atoms with Crippen molar-refractivity contribution < 1.29 is 13.2 Å². The summed E-state index contributed by atoms with van der Waals surface area (Å²) < 4.78 is 24.5. The van der Waals surface area contributed by atoms with Crippen LogP contribution >= 0.6 is 23.2 Å². The molecule has 108 valence electrons. The van der Waals surface area contributed by atoms with Crippen LogP contribution in [0.4, 0.5) is 0 Å². The minimum atomic E-state index is -3.38. The summed E-state index contributed by atoms with van der Waals surface area (Å²) in [6.45, 7) is 0.306. The van der Waals surface area contributed by atoms with Crippen molar-refractivity contribution in [1.82, 2.24) is 4.31 Å². The maximum Gasteiger partial charge on any atom is 0.239 e. The Balaban J connectivity index is 1.77. The zero-order valence-electron chi connectivity index (χ0n) is 10.6. The van der Waals surface area contributed by atoms with Crippen molar-refractivity contribution in [3.8, 4) is 0 Å². The molecule has 1 amide bonds. The smallest absolute Gasteiger partial charge is 0.239 e. The molecule has 1 aromatic rings. The highest BCUT2D eigenvalue weighted by molar-refractivity contribution is 7.89. The van der Waals surface area contributed by atoms with Crippen LogP contribution in [-0.2, 0) is 14.8 Å². The lowest BCUT2D eigenvalue weighted by Crippen LogP contribution is -2.34. The molecule has 2 aliphatic rings. The molecule has 1 aliphatic carbocycles. The molecule has 1 aromatic carbocycles. The van der Waals surface area contributed by atoms with Gasteiger partial charge in [-0.25, -0.2) is 12.7 Å². The Morgan fingerprint density at radius 1 is 1.20 bits per heavy atom. The lowest BCUT2D eigenvalue weighted by Gasteiger charge is -2.14. The normalized spacial score (nSPS) is 27.6. The van der Waals surface area contributed by atoms with E-state index in [9.17, 15) is 13.2 Å². The minimum absolute atomic E-state index is 0.0227. The molecular weight excluding hydrogens is 321 g/mol. The minimum Gasteiger partial charge on any atom is -0.273 e. The van der Waals surface area contributed by atoms with E-state index in [0.29, 0.717) is 29.4 Å². The highest BCUT2D eigenvalue weighted by Gasteiger charge is 2.49. The van der Waals surface area contributed by atoms with Crippen LogP contribution in [0.5, 0.6) is 0 Å². The zero-order valence-corrected chi connectivity index (χ0v) is 12.9. The molecule has 0 bridgehead atoms. The fourth-order valence-corrected chi connectivity index (χ4v) is 4.77. The first-order valence-electron chi connectivity index (χ1n) is 6.39. The van der Waals surface area contributed by atoms with E-state index in [-0.39, 0.29) is 23.5 Å². The maximum absolute atomic E-state index is 12.3. The molecule has 0 aromatic heterocycles. The van der Waals surface area contributed by atoms with E-state index in [2.05, 4.69) is 0 Å². The van der Waals surface area contributed by atoms with Gasteiger partial charge in [0.05, 0.1) is 5.75 Å². The van der Waals surface area contributed by atoms with Crippen LogP contribution in [0.25, 0.3) is 0 Å².